The van der Waals surface area contributed by atoms with Gasteiger partial charge in [-0.15, -0.1) is 0 Å². The van der Waals surface area contributed by atoms with E-state index in [0.717, 1.165) is 0 Å². The molecule has 0 unspecified atom stereocenters. The fourth-order valence-electron chi connectivity index (χ4n) is 2.72. The highest BCUT2D eigenvalue weighted by molar-refractivity contribution is 6.32. The van der Waals surface area contributed by atoms with Crippen LogP contribution in [0, 0.1) is 5.82 Å². The molecule has 160 valence electrons. The summed E-state index contributed by atoms with van der Waals surface area (Å²) in [4.78, 5) is 24.5. The summed E-state index contributed by atoms with van der Waals surface area (Å²) < 4.78 is 24.1. The average Bonchev–Trinajstić information content (AvgIpc) is 2.75. The Morgan fingerprint density at radius 1 is 0.839 bits per heavy atom. The Morgan fingerprint density at radius 2 is 1.45 bits per heavy atom. The first-order chi connectivity index (χ1) is 14.9. The second-order valence-corrected chi connectivity index (χ2v) is 6.68. The molecular weight excluding hydrogens is 425 g/mol. The van der Waals surface area contributed by atoms with Gasteiger partial charge in [0.15, 0.2) is 0 Å². The highest BCUT2D eigenvalue weighted by Crippen LogP contribution is 2.35. The summed E-state index contributed by atoms with van der Waals surface area (Å²) in [5.41, 5.74) is 1.22. The SMILES string of the molecule is COc1cc(OC)c(NC(=O)Nc2ccc(NC(=O)c3ccccc3F)cc2)cc1Cl. The third-order valence-corrected chi connectivity index (χ3v) is 4.54. The summed E-state index contributed by atoms with van der Waals surface area (Å²) in [5, 5.41) is 8.22. The minimum Gasteiger partial charge on any atom is -0.495 e. The number of nitrogens with one attached hydrogen (secondary N) is 3. The van der Waals surface area contributed by atoms with Crippen LogP contribution in [0.3, 0.4) is 0 Å². The number of anilines is 3. The van der Waals surface area contributed by atoms with Gasteiger partial charge in [0.05, 0.1) is 30.5 Å². The first kappa shape index (κ1) is 21.9. The summed E-state index contributed by atoms with van der Waals surface area (Å²) in [6.45, 7) is 0. The van der Waals surface area contributed by atoms with Crippen molar-refractivity contribution in [3.8, 4) is 11.5 Å². The number of hydrogen-bond acceptors (Lipinski definition) is 4. The Balaban J connectivity index is 1.63. The summed E-state index contributed by atoms with van der Waals surface area (Å²) >= 11 is 6.10. The van der Waals surface area contributed by atoms with Gasteiger partial charge in [-0.25, -0.2) is 9.18 Å². The maximum atomic E-state index is 13.7. The molecule has 3 amide bonds. The Labute approximate surface area is 183 Å². The quantitative estimate of drug-likeness (QED) is 0.476. The molecule has 0 fully saturated rings. The number of halogens is 2. The molecule has 31 heavy (non-hydrogen) atoms. The van der Waals surface area contributed by atoms with Crippen molar-refractivity contribution >= 4 is 40.6 Å². The van der Waals surface area contributed by atoms with E-state index >= 15 is 0 Å². The van der Waals surface area contributed by atoms with Gasteiger partial charge in [0, 0.05) is 17.4 Å². The maximum absolute atomic E-state index is 13.7. The molecule has 0 spiro atoms. The predicted octanol–water partition coefficient (Wildman–Crippen LogP) is 5.39. The minimum absolute atomic E-state index is 0.0591. The molecule has 0 aliphatic heterocycles. The van der Waals surface area contributed by atoms with Gasteiger partial charge in [-0.1, -0.05) is 23.7 Å². The third-order valence-electron chi connectivity index (χ3n) is 4.24. The molecule has 3 aromatic carbocycles. The molecule has 0 saturated heterocycles. The van der Waals surface area contributed by atoms with Gasteiger partial charge in [-0.3, -0.25) is 4.79 Å². The number of amides is 3. The number of carbonyl (C=O) groups excluding carboxylic acids is 2. The van der Waals surface area contributed by atoms with Crippen molar-refractivity contribution in [2.75, 3.05) is 30.2 Å². The largest absolute Gasteiger partial charge is 0.495 e. The van der Waals surface area contributed by atoms with Crippen molar-refractivity contribution in [3.63, 3.8) is 0 Å². The van der Waals surface area contributed by atoms with E-state index in [0.29, 0.717) is 33.6 Å². The number of methoxy groups -OCH3 is 2. The average molecular weight is 444 g/mol. The van der Waals surface area contributed by atoms with Crippen molar-refractivity contribution in [2.45, 2.75) is 0 Å². The summed E-state index contributed by atoms with van der Waals surface area (Å²) in [5.74, 6) is -0.385. The van der Waals surface area contributed by atoms with E-state index in [1.807, 2.05) is 0 Å². The monoisotopic (exact) mass is 443 g/mol. The second-order valence-electron chi connectivity index (χ2n) is 6.28. The zero-order valence-corrected chi connectivity index (χ0v) is 17.4. The van der Waals surface area contributed by atoms with E-state index in [4.69, 9.17) is 21.1 Å². The molecule has 0 saturated carbocycles. The van der Waals surface area contributed by atoms with Crippen LogP contribution < -0.4 is 25.4 Å². The van der Waals surface area contributed by atoms with Crippen LogP contribution in [-0.4, -0.2) is 26.2 Å². The lowest BCUT2D eigenvalue weighted by Crippen LogP contribution is -2.20. The lowest BCUT2D eigenvalue weighted by atomic mass is 10.2. The molecule has 9 heteroatoms. The van der Waals surface area contributed by atoms with Crippen molar-refractivity contribution in [1.29, 1.82) is 0 Å². The van der Waals surface area contributed by atoms with Crippen LogP contribution in [0.1, 0.15) is 10.4 Å². The van der Waals surface area contributed by atoms with Crippen LogP contribution in [-0.2, 0) is 0 Å². The Hall–Kier alpha value is -3.78. The van der Waals surface area contributed by atoms with E-state index in [-0.39, 0.29) is 5.56 Å². The van der Waals surface area contributed by atoms with Crippen LogP contribution in [0.25, 0.3) is 0 Å². The van der Waals surface area contributed by atoms with E-state index in [1.54, 1.807) is 36.4 Å². The molecule has 3 rings (SSSR count). The highest BCUT2D eigenvalue weighted by atomic mass is 35.5. The van der Waals surface area contributed by atoms with Gasteiger partial charge in [-0.2, -0.15) is 0 Å². The Bertz CT molecular complexity index is 1110. The van der Waals surface area contributed by atoms with Crippen molar-refractivity contribution < 1.29 is 23.5 Å². The van der Waals surface area contributed by atoms with E-state index in [9.17, 15) is 14.0 Å². The van der Waals surface area contributed by atoms with Crippen LogP contribution in [0.5, 0.6) is 11.5 Å². The fraction of sp³-hybridized carbons (Fsp3) is 0.0909. The topological polar surface area (TPSA) is 88.7 Å². The van der Waals surface area contributed by atoms with E-state index < -0.39 is 17.8 Å². The van der Waals surface area contributed by atoms with Crippen molar-refractivity contribution in [3.05, 3.63) is 77.1 Å². The standard InChI is InChI=1S/C22H19ClFN3O4/c1-30-19-12-20(31-2)18(11-16(19)23)27-22(29)26-14-9-7-13(8-10-14)25-21(28)15-5-3-4-6-17(15)24/h3-12H,1-2H3,(H,25,28)(H2,26,27,29). The van der Waals surface area contributed by atoms with Crippen LogP contribution >= 0.6 is 11.6 Å². The second kappa shape index (κ2) is 9.82. The molecular formula is C22H19ClFN3O4. The number of hydrogen-bond donors (Lipinski definition) is 3. The number of carbonyl (C=O) groups is 2. The molecule has 3 N–H and O–H groups in total. The van der Waals surface area contributed by atoms with E-state index in [1.165, 1.54) is 38.5 Å². The molecule has 7 nitrogen and oxygen atoms in total. The van der Waals surface area contributed by atoms with Gasteiger partial charge in [0.25, 0.3) is 5.91 Å². The first-order valence-corrected chi connectivity index (χ1v) is 9.44. The van der Waals surface area contributed by atoms with Crippen LogP contribution in [0.2, 0.25) is 5.02 Å². The van der Waals surface area contributed by atoms with Gasteiger partial charge in [-0.05, 0) is 42.5 Å². The zero-order chi connectivity index (χ0) is 22.4. The van der Waals surface area contributed by atoms with Crippen LogP contribution in [0.15, 0.2) is 60.7 Å². The van der Waals surface area contributed by atoms with Gasteiger partial charge >= 0.3 is 6.03 Å². The summed E-state index contributed by atoms with van der Waals surface area (Å²) in [6.07, 6.45) is 0. The van der Waals surface area contributed by atoms with Gasteiger partial charge in [0.1, 0.15) is 17.3 Å². The highest BCUT2D eigenvalue weighted by Gasteiger charge is 2.13. The Morgan fingerprint density at radius 3 is 2.06 bits per heavy atom. The molecule has 0 aromatic heterocycles. The number of benzene rings is 3. The maximum Gasteiger partial charge on any atom is 0.323 e. The molecule has 0 atom stereocenters. The van der Waals surface area contributed by atoms with Gasteiger partial charge < -0.3 is 25.4 Å². The third kappa shape index (κ3) is 5.43. The Kier molecular flexibility index (Phi) is 6.94. The smallest absolute Gasteiger partial charge is 0.323 e. The molecule has 3 aromatic rings. The molecule has 0 radical (unpaired) electrons. The van der Waals surface area contributed by atoms with Crippen molar-refractivity contribution in [1.82, 2.24) is 0 Å². The normalized spacial score (nSPS) is 10.2. The molecule has 0 aliphatic carbocycles. The number of urea groups is 1. The number of ether oxygens (including phenoxy) is 2. The molecule has 0 bridgehead atoms. The van der Waals surface area contributed by atoms with Crippen molar-refractivity contribution in [2.24, 2.45) is 0 Å². The van der Waals surface area contributed by atoms with Crippen LogP contribution in [0.4, 0.5) is 26.2 Å². The summed E-state index contributed by atoms with van der Waals surface area (Å²) in [7, 11) is 2.93. The minimum atomic E-state index is -0.607. The molecule has 0 aliphatic rings. The fourth-order valence-corrected chi connectivity index (χ4v) is 2.96. The van der Waals surface area contributed by atoms with E-state index in [2.05, 4.69) is 16.0 Å². The predicted molar refractivity (Wildman–Crippen MR) is 118 cm³/mol. The summed E-state index contributed by atoms with van der Waals surface area (Å²) in [6, 6.07) is 14.6. The lowest BCUT2D eigenvalue weighted by molar-refractivity contribution is 0.102. The number of rotatable bonds is 6. The van der Waals surface area contributed by atoms with Gasteiger partial charge in [0.2, 0.25) is 0 Å². The molecule has 0 heterocycles. The lowest BCUT2D eigenvalue weighted by Gasteiger charge is -2.14. The zero-order valence-electron chi connectivity index (χ0n) is 16.7. The first-order valence-electron chi connectivity index (χ1n) is 9.06.